The molecule has 0 aliphatic heterocycles. The van der Waals surface area contributed by atoms with Crippen molar-refractivity contribution in [2.75, 3.05) is 24.1 Å². The third-order valence-electron chi connectivity index (χ3n) is 2.58. The largest absolute Gasteiger partial charge is 0.398 e. The Balaban J connectivity index is 2.73. The summed E-state index contributed by atoms with van der Waals surface area (Å²) in [5.41, 5.74) is 8.22. The molecule has 2 amide bonds. The maximum absolute atomic E-state index is 11.7. The average molecular weight is 221 g/mol. The average Bonchev–Trinajstić information content (AvgIpc) is 2.25. The lowest BCUT2D eigenvalue weighted by Gasteiger charge is -2.19. The molecule has 0 saturated carbocycles. The molecule has 16 heavy (non-hydrogen) atoms. The first-order chi connectivity index (χ1) is 7.58. The molecule has 1 rings (SSSR count). The molecule has 0 heterocycles. The molecule has 0 aliphatic carbocycles. The third kappa shape index (κ3) is 2.89. The summed E-state index contributed by atoms with van der Waals surface area (Å²) in [6.45, 7) is 7.23. The molecule has 88 valence electrons. The number of nitrogens with zero attached hydrogens (tertiary/aromatic N) is 1. The van der Waals surface area contributed by atoms with Gasteiger partial charge in [-0.2, -0.15) is 0 Å². The van der Waals surface area contributed by atoms with E-state index >= 15 is 0 Å². The van der Waals surface area contributed by atoms with Gasteiger partial charge in [0.1, 0.15) is 0 Å². The van der Waals surface area contributed by atoms with Crippen molar-refractivity contribution in [1.82, 2.24) is 4.90 Å². The standard InChI is InChI=1S/C12H19N3O/c1-4-15(5-2)12(16)14-10-7-6-9(3)11(13)8-10/h6-8H,4-5,13H2,1-3H3,(H,14,16). The van der Waals surface area contributed by atoms with Gasteiger partial charge in [0.05, 0.1) is 0 Å². The van der Waals surface area contributed by atoms with Gasteiger partial charge in [-0.05, 0) is 38.5 Å². The van der Waals surface area contributed by atoms with E-state index in [1.165, 1.54) is 0 Å². The van der Waals surface area contributed by atoms with Gasteiger partial charge in [-0.3, -0.25) is 0 Å². The lowest BCUT2D eigenvalue weighted by Crippen LogP contribution is -2.34. The highest BCUT2D eigenvalue weighted by atomic mass is 16.2. The minimum atomic E-state index is -0.0896. The number of aryl methyl sites for hydroxylation is 1. The van der Waals surface area contributed by atoms with Crippen LogP contribution in [0, 0.1) is 6.92 Å². The van der Waals surface area contributed by atoms with Gasteiger partial charge in [0.2, 0.25) is 0 Å². The second-order valence-electron chi connectivity index (χ2n) is 3.67. The van der Waals surface area contributed by atoms with Crippen molar-refractivity contribution in [2.24, 2.45) is 0 Å². The summed E-state index contributed by atoms with van der Waals surface area (Å²) >= 11 is 0. The van der Waals surface area contributed by atoms with Crippen LogP contribution in [-0.4, -0.2) is 24.0 Å². The Kier molecular flexibility index (Phi) is 4.17. The molecule has 1 aromatic carbocycles. The molecule has 4 nitrogen and oxygen atoms in total. The fourth-order valence-corrected chi connectivity index (χ4v) is 1.43. The quantitative estimate of drug-likeness (QED) is 0.770. The lowest BCUT2D eigenvalue weighted by atomic mass is 10.2. The Morgan fingerprint density at radius 2 is 2.00 bits per heavy atom. The number of benzene rings is 1. The summed E-state index contributed by atoms with van der Waals surface area (Å²) in [7, 11) is 0. The number of anilines is 2. The molecule has 4 heteroatoms. The van der Waals surface area contributed by atoms with Gasteiger partial charge in [-0.15, -0.1) is 0 Å². The Hall–Kier alpha value is -1.71. The predicted molar refractivity (Wildman–Crippen MR) is 67.5 cm³/mol. The van der Waals surface area contributed by atoms with Crippen LogP contribution in [0.3, 0.4) is 0 Å². The molecule has 3 N–H and O–H groups in total. The molecule has 0 unspecified atom stereocenters. The molecule has 1 aromatic rings. The van der Waals surface area contributed by atoms with E-state index in [-0.39, 0.29) is 6.03 Å². The molecule has 0 atom stereocenters. The highest BCUT2D eigenvalue weighted by molar-refractivity contribution is 5.89. The topological polar surface area (TPSA) is 58.4 Å². The van der Waals surface area contributed by atoms with Crippen molar-refractivity contribution in [3.05, 3.63) is 23.8 Å². The fourth-order valence-electron chi connectivity index (χ4n) is 1.43. The SMILES string of the molecule is CCN(CC)C(=O)Nc1ccc(C)c(N)c1. The van der Waals surface area contributed by atoms with Gasteiger partial charge in [0.15, 0.2) is 0 Å². The van der Waals surface area contributed by atoms with Crippen molar-refractivity contribution >= 4 is 17.4 Å². The minimum Gasteiger partial charge on any atom is -0.398 e. The Labute approximate surface area is 96.4 Å². The Bertz CT molecular complexity index is 373. The summed E-state index contributed by atoms with van der Waals surface area (Å²) in [6, 6.07) is 5.44. The summed E-state index contributed by atoms with van der Waals surface area (Å²) in [5, 5.41) is 2.82. The van der Waals surface area contributed by atoms with Crippen LogP contribution in [0.2, 0.25) is 0 Å². The summed E-state index contributed by atoms with van der Waals surface area (Å²) in [4.78, 5) is 13.5. The van der Waals surface area contributed by atoms with Crippen LogP contribution in [-0.2, 0) is 0 Å². The van der Waals surface area contributed by atoms with Crippen LogP contribution in [0.5, 0.6) is 0 Å². The minimum absolute atomic E-state index is 0.0896. The van der Waals surface area contributed by atoms with Gasteiger partial charge in [-0.25, -0.2) is 4.79 Å². The molecule has 0 fully saturated rings. The summed E-state index contributed by atoms with van der Waals surface area (Å²) in [6.07, 6.45) is 0. The van der Waals surface area contributed by atoms with Crippen molar-refractivity contribution in [1.29, 1.82) is 0 Å². The second-order valence-corrected chi connectivity index (χ2v) is 3.67. The smallest absolute Gasteiger partial charge is 0.321 e. The van der Waals surface area contributed by atoms with E-state index in [0.717, 1.165) is 11.3 Å². The summed E-state index contributed by atoms with van der Waals surface area (Å²) < 4.78 is 0. The van der Waals surface area contributed by atoms with E-state index in [9.17, 15) is 4.79 Å². The van der Waals surface area contributed by atoms with Crippen LogP contribution >= 0.6 is 0 Å². The molecule has 0 spiro atoms. The van der Waals surface area contributed by atoms with Crippen LogP contribution in [0.15, 0.2) is 18.2 Å². The van der Waals surface area contributed by atoms with Crippen LogP contribution < -0.4 is 11.1 Å². The fraction of sp³-hybridized carbons (Fsp3) is 0.417. The van der Waals surface area contributed by atoms with Crippen LogP contribution in [0.25, 0.3) is 0 Å². The van der Waals surface area contributed by atoms with Gasteiger partial charge in [0.25, 0.3) is 0 Å². The number of hydrogen-bond donors (Lipinski definition) is 2. The molecule has 0 aromatic heterocycles. The lowest BCUT2D eigenvalue weighted by molar-refractivity contribution is 0.217. The van der Waals surface area contributed by atoms with E-state index < -0.39 is 0 Å². The van der Waals surface area contributed by atoms with Gasteiger partial charge in [-0.1, -0.05) is 6.07 Å². The number of nitrogens with two attached hydrogens (primary N) is 1. The molecule has 0 radical (unpaired) electrons. The van der Waals surface area contributed by atoms with E-state index in [2.05, 4.69) is 5.32 Å². The second kappa shape index (κ2) is 5.39. The maximum Gasteiger partial charge on any atom is 0.321 e. The number of nitrogen functional groups attached to an aromatic ring is 1. The highest BCUT2D eigenvalue weighted by Crippen LogP contribution is 2.17. The first-order valence-electron chi connectivity index (χ1n) is 5.50. The van der Waals surface area contributed by atoms with Gasteiger partial charge in [0, 0.05) is 24.5 Å². The highest BCUT2D eigenvalue weighted by Gasteiger charge is 2.09. The monoisotopic (exact) mass is 221 g/mol. The Morgan fingerprint density at radius 3 is 2.50 bits per heavy atom. The number of rotatable bonds is 3. The number of amides is 2. The molecular formula is C12H19N3O. The number of carbonyl (C=O) groups is 1. The first-order valence-corrected chi connectivity index (χ1v) is 5.50. The van der Waals surface area contributed by atoms with E-state index in [0.29, 0.717) is 18.8 Å². The van der Waals surface area contributed by atoms with Crippen molar-refractivity contribution < 1.29 is 4.79 Å². The van der Waals surface area contributed by atoms with Crippen LogP contribution in [0.1, 0.15) is 19.4 Å². The summed E-state index contributed by atoms with van der Waals surface area (Å²) in [5.74, 6) is 0. The molecule has 0 saturated heterocycles. The van der Waals surface area contributed by atoms with Gasteiger partial charge < -0.3 is 16.0 Å². The van der Waals surface area contributed by atoms with Crippen LogP contribution in [0.4, 0.5) is 16.2 Å². The number of nitrogens with one attached hydrogen (secondary N) is 1. The third-order valence-corrected chi connectivity index (χ3v) is 2.58. The molecule has 0 aliphatic rings. The molecule has 0 bridgehead atoms. The number of urea groups is 1. The zero-order valence-corrected chi connectivity index (χ0v) is 10.1. The van der Waals surface area contributed by atoms with E-state index in [1.54, 1.807) is 11.0 Å². The van der Waals surface area contributed by atoms with Gasteiger partial charge >= 0.3 is 6.03 Å². The normalized spacial score (nSPS) is 9.94. The van der Waals surface area contributed by atoms with E-state index in [4.69, 9.17) is 5.73 Å². The van der Waals surface area contributed by atoms with Crippen molar-refractivity contribution in [2.45, 2.75) is 20.8 Å². The predicted octanol–water partition coefficient (Wildman–Crippen LogP) is 2.45. The first kappa shape index (κ1) is 12.4. The van der Waals surface area contributed by atoms with Crippen molar-refractivity contribution in [3.8, 4) is 0 Å². The zero-order chi connectivity index (χ0) is 12.1. The Morgan fingerprint density at radius 1 is 1.38 bits per heavy atom. The van der Waals surface area contributed by atoms with E-state index in [1.807, 2.05) is 32.9 Å². The maximum atomic E-state index is 11.7. The molecular weight excluding hydrogens is 202 g/mol. The number of carbonyl (C=O) groups excluding carboxylic acids is 1. The van der Waals surface area contributed by atoms with Crippen molar-refractivity contribution in [3.63, 3.8) is 0 Å². The zero-order valence-electron chi connectivity index (χ0n) is 10.1. The number of hydrogen-bond acceptors (Lipinski definition) is 2.